The first-order valence-electron chi connectivity index (χ1n) is 7.50. The molecule has 0 aliphatic heterocycles. The van der Waals surface area contributed by atoms with Gasteiger partial charge in [-0.15, -0.1) is 0 Å². The Morgan fingerprint density at radius 3 is 3.00 bits per heavy atom. The van der Waals surface area contributed by atoms with Gasteiger partial charge in [0.2, 0.25) is 5.91 Å². The van der Waals surface area contributed by atoms with Gasteiger partial charge in [0, 0.05) is 18.3 Å². The fourth-order valence-corrected chi connectivity index (χ4v) is 2.92. The molecule has 0 aromatic carbocycles. The van der Waals surface area contributed by atoms with Crippen LogP contribution in [0.25, 0.3) is 0 Å². The summed E-state index contributed by atoms with van der Waals surface area (Å²) in [4.78, 5) is 12.4. The molecule has 1 aromatic rings. The third-order valence-electron chi connectivity index (χ3n) is 4.02. The van der Waals surface area contributed by atoms with E-state index in [2.05, 4.69) is 24.3 Å². The summed E-state index contributed by atoms with van der Waals surface area (Å²) in [5, 5.41) is 7.22. The third-order valence-corrected chi connectivity index (χ3v) is 4.02. The van der Waals surface area contributed by atoms with Crippen molar-refractivity contribution in [3.05, 3.63) is 12.4 Å². The smallest absolute Gasteiger partial charge is 0.229 e. The highest BCUT2D eigenvalue weighted by Crippen LogP contribution is 2.32. The maximum atomic E-state index is 12.4. The predicted octanol–water partition coefficient (Wildman–Crippen LogP) is 2.39. The number of hydrogen-bond donors (Lipinski definition) is 2. The summed E-state index contributed by atoms with van der Waals surface area (Å²) in [7, 11) is 0. The van der Waals surface area contributed by atoms with Crippen molar-refractivity contribution < 1.29 is 4.79 Å². The van der Waals surface area contributed by atoms with Gasteiger partial charge in [-0.25, -0.2) is 0 Å². The molecular weight excluding hydrogens is 252 g/mol. The number of anilines is 1. The fourth-order valence-electron chi connectivity index (χ4n) is 2.92. The van der Waals surface area contributed by atoms with Gasteiger partial charge in [-0.05, 0) is 25.7 Å². The van der Waals surface area contributed by atoms with E-state index in [9.17, 15) is 4.79 Å². The molecule has 0 radical (unpaired) electrons. The van der Waals surface area contributed by atoms with Crippen molar-refractivity contribution in [3.63, 3.8) is 0 Å². The molecule has 1 saturated carbocycles. The fraction of sp³-hybridized carbons (Fsp3) is 0.733. The molecule has 1 aromatic heterocycles. The molecule has 5 heteroatoms. The lowest BCUT2D eigenvalue weighted by molar-refractivity contribution is -0.122. The van der Waals surface area contributed by atoms with Crippen LogP contribution in [0.2, 0.25) is 0 Å². The molecule has 20 heavy (non-hydrogen) atoms. The molecule has 1 heterocycles. The minimum Gasteiger partial charge on any atom is -0.325 e. The number of carbonyl (C=O) groups is 1. The number of rotatable bonds is 4. The van der Waals surface area contributed by atoms with Crippen molar-refractivity contribution >= 4 is 11.6 Å². The molecule has 1 aliphatic rings. The van der Waals surface area contributed by atoms with Crippen LogP contribution in [0.15, 0.2) is 12.4 Å². The molecule has 112 valence electrons. The van der Waals surface area contributed by atoms with E-state index in [0.717, 1.165) is 37.9 Å². The van der Waals surface area contributed by atoms with E-state index in [4.69, 9.17) is 5.73 Å². The Bertz CT molecular complexity index is 464. The maximum Gasteiger partial charge on any atom is 0.229 e. The summed E-state index contributed by atoms with van der Waals surface area (Å²) in [6, 6.07) is 0. The van der Waals surface area contributed by atoms with Crippen molar-refractivity contribution in [2.75, 3.05) is 5.32 Å². The van der Waals surface area contributed by atoms with E-state index < -0.39 is 5.54 Å². The molecule has 5 nitrogen and oxygen atoms in total. The van der Waals surface area contributed by atoms with Gasteiger partial charge in [-0.2, -0.15) is 5.10 Å². The van der Waals surface area contributed by atoms with Gasteiger partial charge in [0.1, 0.15) is 0 Å². The minimum atomic E-state index is -0.393. The number of aromatic nitrogens is 2. The summed E-state index contributed by atoms with van der Waals surface area (Å²) < 4.78 is 1.86. The second-order valence-electron chi connectivity index (χ2n) is 6.64. The Morgan fingerprint density at radius 1 is 1.60 bits per heavy atom. The molecule has 0 spiro atoms. The van der Waals surface area contributed by atoms with Crippen LogP contribution in [0.4, 0.5) is 5.69 Å². The zero-order valence-corrected chi connectivity index (χ0v) is 12.7. The standard InChI is InChI=1S/C15H26N4O/c1-11(2)9-19-10-12(8-17-19)18-14(20)13-6-4-5-7-15(13,3)16/h8,10-11,13H,4-7,9,16H2,1-3H3,(H,18,20). The second kappa shape index (κ2) is 5.95. The highest BCUT2D eigenvalue weighted by molar-refractivity contribution is 5.93. The number of nitrogens with two attached hydrogens (primary N) is 1. The lowest BCUT2D eigenvalue weighted by atomic mass is 9.74. The van der Waals surface area contributed by atoms with E-state index in [-0.39, 0.29) is 11.8 Å². The van der Waals surface area contributed by atoms with E-state index >= 15 is 0 Å². The van der Waals surface area contributed by atoms with Gasteiger partial charge >= 0.3 is 0 Å². The SMILES string of the molecule is CC(C)Cn1cc(NC(=O)C2CCCCC2(C)N)cn1. The number of nitrogens with zero attached hydrogens (tertiary/aromatic N) is 2. The van der Waals surface area contributed by atoms with Crippen molar-refractivity contribution in [2.45, 2.75) is 58.5 Å². The Hall–Kier alpha value is -1.36. The van der Waals surface area contributed by atoms with E-state index in [1.807, 2.05) is 17.8 Å². The lowest BCUT2D eigenvalue weighted by Gasteiger charge is -2.37. The zero-order valence-electron chi connectivity index (χ0n) is 12.7. The van der Waals surface area contributed by atoms with E-state index in [1.165, 1.54) is 0 Å². The first kappa shape index (κ1) is 15.0. The Kier molecular flexibility index (Phi) is 4.48. The van der Waals surface area contributed by atoms with Crippen LogP contribution in [0.1, 0.15) is 46.5 Å². The molecule has 2 rings (SSSR count). The molecule has 0 saturated heterocycles. The summed E-state index contributed by atoms with van der Waals surface area (Å²) in [5.74, 6) is 0.452. The Labute approximate surface area is 120 Å². The second-order valence-corrected chi connectivity index (χ2v) is 6.64. The highest BCUT2D eigenvalue weighted by atomic mass is 16.2. The van der Waals surface area contributed by atoms with E-state index in [0.29, 0.717) is 5.92 Å². The van der Waals surface area contributed by atoms with Gasteiger partial charge in [0.05, 0.1) is 17.8 Å². The number of amides is 1. The van der Waals surface area contributed by atoms with Crippen LogP contribution in [0, 0.1) is 11.8 Å². The van der Waals surface area contributed by atoms with Crippen LogP contribution < -0.4 is 11.1 Å². The maximum absolute atomic E-state index is 12.4. The molecule has 0 bridgehead atoms. The Morgan fingerprint density at radius 2 is 2.35 bits per heavy atom. The summed E-state index contributed by atoms with van der Waals surface area (Å²) in [6.45, 7) is 7.12. The Balaban J connectivity index is 1.98. The number of carbonyl (C=O) groups excluding carboxylic acids is 1. The van der Waals surface area contributed by atoms with Crippen molar-refractivity contribution in [1.82, 2.24) is 9.78 Å². The van der Waals surface area contributed by atoms with Crippen LogP contribution in [-0.2, 0) is 11.3 Å². The molecule has 1 amide bonds. The van der Waals surface area contributed by atoms with Crippen LogP contribution >= 0.6 is 0 Å². The lowest BCUT2D eigenvalue weighted by Crippen LogP contribution is -2.51. The predicted molar refractivity (Wildman–Crippen MR) is 80.2 cm³/mol. The monoisotopic (exact) mass is 278 g/mol. The molecule has 1 aliphatic carbocycles. The van der Waals surface area contributed by atoms with Gasteiger partial charge < -0.3 is 11.1 Å². The molecule has 2 unspecified atom stereocenters. The van der Waals surface area contributed by atoms with Gasteiger partial charge in [-0.3, -0.25) is 9.48 Å². The van der Waals surface area contributed by atoms with Crippen molar-refractivity contribution in [3.8, 4) is 0 Å². The van der Waals surface area contributed by atoms with Gasteiger partial charge in [0.25, 0.3) is 0 Å². The quantitative estimate of drug-likeness (QED) is 0.888. The first-order valence-corrected chi connectivity index (χ1v) is 7.50. The largest absolute Gasteiger partial charge is 0.325 e. The molecule has 2 atom stereocenters. The van der Waals surface area contributed by atoms with Crippen molar-refractivity contribution in [2.24, 2.45) is 17.6 Å². The van der Waals surface area contributed by atoms with Gasteiger partial charge in [-0.1, -0.05) is 26.7 Å². The molecular formula is C15H26N4O. The highest BCUT2D eigenvalue weighted by Gasteiger charge is 2.37. The number of hydrogen-bond acceptors (Lipinski definition) is 3. The molecule has 1 fully saturated rings. The third kappa shape index (κ3) is 3.60. The average Bonchev–Trinajstić information content (AvgIpc) is 2.74. The first-order chi connectivity index (χ1) is 9.38. The zero-order chi connectivity index (χ0) is 14.8. The number of nitrogens with one attached hydrogen (secondary N) is 1. The van der Waals surface area contributed by atoms with Crippen molar-refractivity contribution in [1.29, 1.82) is 0 Å². The van der Waals surface area contributed by atoms with Crippen LogP contribution in [0.5, 0.6) is 0 Å². The summed E-state index contributed by atoms with van der Waals surface area (Å²) in [6.07, 6.45) is 7.57. The normalized spacial score (nSPS) is 26.8. The van der Waals surface area contributed by atoms with Crippen LogP contribution in [0.3, 0.4) is 0 Å². The average molecular weight is 278 g/mol. The van der Waals surface area contributed by atoms with Gasteiger partial charge in [0.15, 0.2) is 0 Å². The molecule has 3 N–H and O–H groups in total. The van der Waals surface area contributed by atoms with E-state index in [1.54, 1.807) is 6.20 Å². The topological polar surface area (TPSA) is 72.9 Å². The minimum absolute atomic E-state index is 0.0267. The van der Waals surface area contributed by atoms with Crippen LogP contribution in [-0.4, -0.2) is 21.2 Å². The summed E-state index contributed by atoms with van der Waals surface area (Å²) in [5.41, 5.74) is 6.63. The summed E-state index contributed by atoms with van der Waals surface area (Å²) >= 11 is 0.